The molecule has 9 rings (SSSR count). The van der Waals surface area contributed by atoms with E-state index < -0.39 is 20.8 Å². The molecule has 1 aliphatic rings. The van der Waals surface area contributed by atoms with Crippen LogP contribution in [0.5, 0.6) is 0 Å². The van der Waals surface area contributed by atoms with Gasteiger partial charge in [0, 0.05) is 0 Å². The van der Waals surface area contributed by atoms with Gasteiger partial charge in [0.15, 0.2) is 0 Å². The molecule has 0 unspecified atom stereocenters. The molecule has 0 N–H and O–H groups in total. The third-order valence-corrected chi connectivity index (χ3v) is 13.5. The molecule has 0 saturated heterocycles. The van der Waals surface area contributed by atoms with E-state index in [0.717, 1.165) is 35.2 Å². The zero-order valence-corrected chi connectivity index (χ0v) is 43.3. The Balaban J connectivity index is 0.000000155. The average Bonchev–Trinajstić information content (AvgIpc) is 4.02. The van der Waals surface area contributed by atoms with E-state index in [-0.39, 0.29) is 10.8 Å². The molecule has 0 aliphatic carbocycles. The van der Waals surface area contributed by atoms with Crippen LogP contribution in [0.1, 0.15) is 103 Å². The van der Waals surface area contributed by atoms with Gasteiger partial charge in [0.25, 0.3) is 0 Å². The van der Waals surface area contributed by atoms with Crippen LogP contribution in [0.25, 0.3) is 54.9 Å². The summed E-state index contributed by atoms with van der Waals surface area (Å²) in [6.07, 6.45) is 4.28. The summed E-state index contributed by atoms with van der Waals surface area (Å²) < 4.78 is 0. The number of hydrogen-bond acceptors (Lipinski definition) is 0. The predicted molar refractivity (Wildman–Crippen MR) is 272 cm³/mol. The van der Waals surface area contributed by atoms with Gasteiger partial charge >= 0.3 is 37.9 Å². The van der Waals surface area contributed by atoms with Crippen LogP contribution < -0.4 is 10.4 Å². The Kier molecular flexibility index (Phi) is 16.4. The van der Waals surface area contributed by atoms with Crippen LogP contribution in [0.4, 0.5) is 0 Å². The van der Waals surface area contributed by atoms with Gasteiger partial charge in [-0.05, 0) is 58.8 Å². The number of fused-ring (bicyclic) bond motifs is 5. The van der Waals surface area contributed by atoms with Gasteiger partial charge in [0.05, 0.1) is 9.52 Å². The molecule has 318 valence electrons. The third-order valence-electron chi connectivity index (χ3n) is 12.1. The first-order valence-electron chi connectivity index (χ1n) is 22.2. The van der Waals surface area contributed by atoms with E-state index in [2.05, 4.69) is 209 Å². The van der Waals surface area contributed by atoms with E-state index in [9.17, 15) is 0 Å². The molecule has 0 spiro atoms. The van der Waals surface area contributed by atoms with Crippen molar-refractivity contribution in [3.8, 4) is 33.4 Å². The average molecular weight is 948 g/mol. The zero-order valence-electron chi connectivity index (χ0n) is 38.4. The molecular formula is C58H61Cl2SiZr-3. The SMILES string of the molecule is CCc1ccccc1-c1c(CC)ccc2[cH-]c(C(C)(C)C)cc12.CCc1ccccc1-c1c(CC)ccc2[cH-]c(C(C)(C)C)cc12.[Cl][Zr][Cl].[c-]1cccc2c1[Si]c1ccccc1-2. The summed E-state index contributed by atoms with van der Waals surface area (Å²) in [7, 11) is 10.7. The fraction of sp³-hybridized carbons (Fsp3) is 0.276. The maximum atomic E-state index is 4.93. The number of halogens is 2. The smallest absolute Gasteiger partial charge is 0.0920 e. The largest absolute Gasteiger partial charge is 0.184 e. The van der Waals surface area contributed by atoms with Crippen LogP contribution in [0.15, 0.2) is 140 Å². The molecule has 0 nitrogen and oxygen atoms in total. The quantitative estimate of drug-likeness (QED) is 0.115. The van der Waals surface area contributed by atoms with Gasteiger partial charge in [0.2, 0.25) is 0 Å². The van der Waals surface area contributed by atoms with Crippen LogP contribution in [0.3, 0.4) is 0 Å². The molecule has 8 aromatic rings. The maximum Gasteiger partial charge on any atom is 0.0920 e. The van der Waals surface area contributed by atoms with Crippen molar-refractivity contribution < 1.29 is 20.8 Å². The Labute approximate surface area is 394 Å². The molecular weight excluding hydrogens is 887 g/mol. The summed E-state index contributed by atoms with van der Waals surface area (Å²) in [5, 5.41) is 8.38. The summed E-state index contributed by atoms with van der Waals surface area (Å²) >= 11 is -0.826. The summed E-state index contributed by atoms with van der Waals surface area (Å²) in [6.45, 7) is 22.8. The summed E-state index contributed by atoms with van der Waals surface area (Å²) in [5.41, 5.74) is 17.5. The van der Waals surface area contributed by atoms with Gasteiger partial charge in [-0.1, -0.05) is 175 Å². The number of hydrogen-bond donors (Lipinski definition) is 0. The summed E-state index contributed by atoms with van der Waals surface area (Å²) in [5.74, 6) is 0. The molecule has 0 atom stereocenters. The minimum atomic E-state index is -0.826. The fourth-order valence-corrected chi connectivity index (χ4v) is 9.93. The molecule has 0 saturated carbocycles. The molecule has 0 bridgehead atoms. The van der Waals surface area contributed by atoms with Crippen molar-refractivity contribution in [1.29, 1.82) is 0 Å². The van der Waals surface area contributed by atoms with E-state index in [1.54, 1.807) is 0 Å². The Bertz CT molecular complexity index is 2550. The Morgan fingerprint density at radius 2 is 0.903 bits per heavy atom. The molecule has 0 aromatic heterocycles. The Morgan fingerprint density at radius 1 is 0.500 bits per heavy atom. The standard InChI is InChI=1S/2C23H27.C12H7Si.2ClH.Zr/c2*1-6-16-10-8-9-11-20(16)22-17(7-2)12-13-18-14-19(15-21(18)22)23(3,4)5;1-3-7-11-9(5-1)10-6-2-4-8-12(10)13-11;;;/h2*8-15H,6-7H2,1-5H3;1-7H;2*1H;/q3*-1;;;+2/p-2. The Hall–Kier alpha value is -3.78. The zero-order chi connectivity index (χ0) is 44.6. The van der Waals surface area contributed by atoms with Gasteiger partial charge in [0.1, 0.15) is 0 Å². The van der Waals surface area contributed by atoms with Crippen molar-refractivity contribution in [2.24, 2.45) is 0 Å². The van der Waals surface area contributed by atoms with Crippen molar-refractivity contribution in [3.05, 3.63) is 179 Å². The van der Waals surface area contributed by atoms with Gasteiger partial charge in [-0.3, -0.25) is 0 Å². The predicted octanol–water partition coefficient (Wildman–Crippen LogP) is 15.8. The van der Waals surface area contributed by atoms with E-state index >= 15 is 0 Å². The van der Waals surface area contributed by atoms with E-state index in [4.69, 9.17) is 17.0 Å². The van der Waals surface area contributed by atoms with Gasteiger partial charge in [-0.25, -0.2) is 0 Å². The van der Waals surface area contributed by atoms with Crippen LogP contribution in [-0.4, -0.2) is 9.52 Å². The molecule has 2 radical (unpaired) electrons. The van der Waals surface area contributed by atoms with E-state index in [1.165, 1.54) is 98.7 Å². The topological polar surface area (TPSA) is 0 Å². The molecule has 62 heavy (non-hydrogen) atoms. The second-order valence-corrected chi connectivity index (χ2v) is 23.1. The molecule has 0 amide bonds. The fourth-order valence-electron chi connectivity index (χ4n) is 8.62. The monoisotopic (exact) mass is 945 g/mol. The van der Waals surface area contributed by atoms with Gasteiger partial charge in [-0.15, -0.1) is 74.6 Å². The maximum absolute atomic E-state index is 4.93. The van der Waals surface area contributed by atoms with Crippen molar-refractivity contribution in [2.75, 3.05) is 0 Å². The minimum Gasteiger partial charge on any atom is -0.184 e. The van der Waals surface area contributed by atoms with Crippen LogP contribution in [0.2, 0.25) is 0 Å². The van der Waals surface area contributed by atoms with Crippen molar-refractivity contribution in [3.63, 3.8) is 0 Å². The first kappa shape index (κ1) is 47.7. The number of aryl methyl sites for hydroxylation is 4. The molecule has 1 heterocycles. The molecule has 8 aromatic carbocycles. The van der Waals surface area contributed by atoms with Crippen LogP contribution in [-0.2, 0) is 57.4 Å². The van der Waals surface area contributed by atoms with Gasteiger partial charge < -0.3 is 0 Å². The van der Waals surface area contributed by atoms with Crippen molar-refractivity contribution >= 4 is 58.5 Å². The van der Waals surface area contributed by atoms with E-state index in [1.807, 2.05) is 6.07 Å². The molecule has 4 heteroatoms. The van der Waals surface area contributed by atoms with Gasteiger partial charge in [-0.2, -0.15) is 41.6 Å². The molecule has 0 fully saturated rings. The van der Waals surface area contributed by atoms with Crippen molar-refractivity contribution in [2.45, 2.75) is 106 Å². The van der Waals surface area contributed by atoms with E-state index in [0.29, 0.717) is 0 Å². The minimum absolute atomic E-state index is 0.187. The Morgan fingerprint density at radius 3 is 1.34 bits per heavy atom. The first-order chi connectivity index (χ1) is 29.8. The summed E-state index contributed by atoms with van der Waals surface area (Å²) in [6, 6.07) is 54.7. The second kappa shape index (κ2) is 21.3. The first-order valence-corrected chi connectivity index (χ1v) is 29.6. The second-order valence-electron chi connectivity index (χ2n) is 18.1. The van der Waals surface area contributed by atoms with Crippen LogP contribution >= 0.6 is 17.0 Å². The summed E-state index contributed by atoms with van der Waals surface area (Å²) in [4.78, 5) is 0. The number of rotatable bonds is 6. The molecule has 1 aliphatic heterocycles. The normalized spacial score (nSPS) is 11.7. The third kappa shape index (κ3) is 10.8. The number of benzene rings is 6. The van der Waals surface area contributed by atoms with Crippen molar-refractivity contribution in [1.82, 2.24) is 0 Å². The van der Waals surface area contributed by atoms with Crippen LogP contribution in [0, 0.1) is 6.07 Å².